The summed E-state index contributed by atoms with van der Waals surface area (Å²) in [4.78, 5) is 0. The van der Waals surface area contributed by atoms with Gasteiger partial charge in [0.1, 0.15) is 5.72 Å². The molecular formula is C10H21NO. The Labute approximate surface area is 75.7 Å². The minimum Gasteiger partial charge on any atom is -0.359 e. The number of ether oxygens (including phenoxy) is 1. The minimum absolute atomic E-state index is 0.0181. The summed E-state index contributed by atoms with van der Waals surface area (Å²) in [6, 6.07) is 0. The third-order valence-corrected chi connectivity index (χ3v) is 2.62. The predicted molar refractivity (Wildman–Crippen MR) is 51.0 cm³/mol. The second kappa shape index (κ2) is 4.24. The summed E-state index contributed by atoms with van der Waals surface area (Å²) in [7, 11) is 0. The first-order valence-corrected chi connectivity index (χ1v) is 5.07. The lowest BCUT2D eigenvalue weighted by Gasteiger charge is -2.27. The largest absolute Gasteiger partial charge is 0.359 e. The molecule has 1 aliphatic heterocycles. The van der Waals surface area contributed by atoms with Crippen LogP contribution in [0.1, 0.15) is 40.0 Å². The zero-order chi connectivity index (χ0) is 9.03. The van der Waals surface area contributed by atoms with Crippen LogP contribution < -0.4 is 5.32 Å². The third-order valence-electron chi connectivity index (χ3n) is 2.62. The van der Waals surface area contributed by atoms with Crippen LogP contribution in [0.15, 0.2) is 0 Å². The molecule has 72 valence electrons. The van der Waals surface area contributed by atoms with Crippen molar-refractivity contribution in [3.63, 3.8) is 0 Å². The summed E-state index contributed by atoms with van der Waals surface area (Å²) in [6.07, 6.45) is 3.49. The maximum atomic E-state index is 5.73. The Morgan fingerprint density at radius 3 is 2.67 bits per heavy atom. The van der Waals surface area contributed by atoms with Crippen molar-refractivity contribution in [2.75, 3.05) is 13.2 Å². The maximum absolute atomic E-state index is 5.73. The van der Waals surface area contributed by atoms with Gasteiger partial charge in [0.25, 0.3) is 0 Å². The summed E-state index contributed by atoms with van der Waals surface area (Å²) >= 11 is 0. The summed E-state index contributed by atoms with van der Waals surface area (Å²) in [5, 5.41) is 3.45. The van der Waals surface area contributed by atoms with Crippen molar-refractivity contribution in [3.8, 4) is 0 Å². The first-order valence-electron chi connectivity index (χ1n) is 5.07. The number of rotatable bonds is 4. The predicted octanol–water partition coefficient (Wildman–Crippen LogP) is 2.15. The number of nitrogens with one attached hydrogen (secondary N) is 1. The highest BCUT2D eigenvalue weighted by atomic mass is 16.5. The Kier molecular flexibility index (Phi) is 3.53. The van der Waals surface area contributed by atoms with E-state index in [0.717, 1.165) is 31.9 Å². The van der Waals surface area contributed by atoms with Gasteiger partial charge < -0.3 is 4.74 Å². The van der Waals surface area contributed by atoms with E-state index in [1.807, 2.05) is 0 Å². The van der Waals surface area contributed by atoms with Crippen LogP contribution in [-0.4, -0.2) is 18.9 Å². The average molecular weight is 171 g/mol. The van der Waals surface area contributed by atoms with Gasteiger partial charge >= 0.3 is 0 Å². The first-order chi connectivity index (χ1) is 5.68. The summed E-state index contributed by atoms with van der Waals surface area (Å²) in [5.74, 6) is 0.777. The fraction of sp³-hybridized carbons (Fsp3) is 1.00. The fourth-order valence-corrected chi connectivity index (χ4v) is 1.66. The van der Waals surface area contributed by atoms with E-state index < -0.39 is 0 Å². The molecule has 12 heavy (non-hydrogen) atoms. The minimum atomic E-state index is 0.0181. The summed E-state index contributed by atoms with van der Waals surface area (Å²) in [6.45, 7) is 8.62. The van der Waals surface area contributed by atoms with Crippen LogP contribution >= 0.6 is 0 Å². The molecule has 2 heteroatoms. The fourth-order valence-electron chi connectivity index (χ4n) is 1.66. The lowest BCUT2D eigenvalue weighted by molar-refractivity contribution is -0.0237. The van der Waals surface area contributed by atoms with Gasteiger partial charge in [-0.15, -0.1) is 0 Å². The van der Waals surface area contributed by atoms with E-state index in [-0.39, 0.29) is 5.72 Å². The Balaban J connectivity index is 2.34. The molecule has 1 aliphatic rings. The monoisotopic (exact) mass is 171 g/mol. The normalized spacial score (nSPS) is 30.0. The van der Waals surface area contributed by atoms with Crippen LogP contribution in [0.3, 0.4) is 0 Å². The van der Waals surface area contributed by atoms with Gasteiger partial charge in [-0.05, 0) is 25.2 Å². The Morgan fingerprint density at radius 1 is 1.50 bits per heavy atom. The lowest BCUT2D eigenvalue weighted by atomic mass is 9.99. The van der Waals surface area contributed by atoms with E-state index in [2.05, 4.69) is 26.1 Å². The Hall–Kier alpha value is -0.0800. The van der Waals surface area contributed by atoms with Gasteiger partial charge in [0, 0.05) is 6.54 Å². The van der Waals surface area contributed by atoms with Gasteiger partial charge in [0.15, 0.2) is 0 Å². The van der Waals surface area contributed by atoms with Crippen LogP contribution in [0.25, 0.3) is 0 Å². The molecule has 1 rings (SSSR count). The average Bonchev–Trinajstić information content (AvgIpc) is 2.50. The molecule has 1 heterocycles. The first kappa shape index (κ1) is 10.0. The molecule has 1 atom stereocenters. The standard InChI is InChI=1S/C10H21NO/c1-4-10(6-5-9(2)3)11-7-8-12-10/h9,11H,4-8H2,1-3H3. The van der Waals surface area contributed by atoms with Gasteiger partial charge in [-0.1, -0.05) is 20.8 Å². The van der Waals surface area contributed by atoms with Gasteiger partial charge in [0.2, 0.25) is 0 Å². The Bertz CT molecular complexity index is 128. The second-order valence-corrected chi connectivity index (χ2v) is 4.06. The molecule has 0 aromatic heterocycles. The van der Waals surface area contributed by atoms with Gasteiger partial charge in [0.05, 0.1) is 6.61 Å². The highest BCUT2D eigenvalue weighted by Gasteiger charge is 2.31. The lowest BCUT2D eigenvalue weighted by Crippen LogP contribution is -2.40. The molecule has 1 saturated heterocycles. The molecule has 0 aromatic rings. The smallest absolute Gasteiger partial charge is 0.119 e. The highest BCUT2D eigenvalue weighted by molar-refractivity contribution is 4.81. The molecule has 1 unspecified atom stereocenters. The van der Waals surface area contributed by atoms with Crippen molar-refractivity contribution in [3.05, 3.63) is 0 Å². The van der Waals surface area contributed by atoms with E-state index >= 15 is 0 Å². The Morgan fingerprint density at radius 2 is 2.25 bits per heavy atom. The third kappa shape index (κ3) is 2.46. The molecule has 1 N–H and O–H groups in total. The van der Waals surface area contributed by atoms with E-state index in [4.69, 9.17) is 4.74 Å². The molecule has 0 aliphatic carbocycles. The number of hydrogen-bond acceptors (Lipinski definition) is 2. The van der Waals surface area contributed by atoms with Gasteiger partial charge in [-0.25, -0.2) is 0 Å². The quantitative estimate of drug-likeness (QED) is 0.699. The van der Waals surface area contributed by atoms with Crippen molar-refractivity contribution >= 4 is 0 Å². The highest BCUT2D eigenvalue weighted by Crippen LogP contribution is 2.24. The van der Waals surface area contributed by atoms with Crippen molar-refractivity contribution in [1.29, 1.82) is 0 Å². The molecule has 0 saturated carbocycles. The van der Waals surface area contributed by atoms with Crippen molar-refractivity contribution < 1.29 is 4.74 Å². The molecule has 0 radical (unpaired) electrons. The van der Waals surface area contributed by atoms with Gasteiger partial charge in [-0.3, -0.25) is 5.32 Å². The van der Waals surface area contributed by atoms with E-state index in [9.17, 15) is 0 Å². The molecule has 0 aromatic carbocycles. The maximum Gasteiger partial charge on any atom is 0.119 e. The SMILES string of the molecule is CCC1(CCC(C)C)NCCO1. The van der Waals surface area contributed by atoms with Gasteiger partial charge in [-0.2, -0.15) is 0 Å². The van der Waals surface area contributed by atoms with E-state index in [0.29, 0.717) is 0 Å². The molecular weight excluding hydrogens is 150 g/mol. The zero-order valence-corrected chi connectivity index (χ0v) is 8.52. The second-order valence-electron chi connectivity index (χ2n) is 4.06. The summed E-state index contributed by atoms with van der Waals surface area (Å²) < 4.78 is 5.73. The molecule has 0 bridgehead atoms. The zero-order valence-electron chi connectivity index (χ0n) is 8.52. The van der Waals surface area contributed by atoms with Crippen LogP contribution in [0.5, 0.6) is 0 Å². The molecule has 1 fully saturated rings. The van der Waals surface area contributed by atoms with Crippen molar-refractivity contribution in [2.24, 2.45) is 5.92 Å². The van der Waals surface area contributed by atoms with Crippen LogP contribution in [0.4, 0.5) is 0 Å². The van der Waals surface area contributed by atoms with E-state index in [1.54, 1.807) is 0 Å². The molecule has 0 spiro atoms. The van der Waals surface area contributed by atoms with Crippen LogP contribution in [-0.2, 0) is 4.74 Å². The van der Waals surface area contributed by atoms with Crippen LogP contribution in [0, 0.1) is 5.92 Å². The van der Waals surface area contributed by atoms with Crippen molar-refractivity contribution in [2.45, 2.75) is 45.8 Å². The topological polar surface area (TPSA) is 21.3 Å². The van der Waals surface area contributed by atoms with E-state index in [1.165, 1.54) is 6.42 Å². The number of hydrogen-bond donors (Lipinski definition) is 1. The molecule has 0 amide bonds. The summed E-state index contributed by atoms with van der Waals surface area (Å²) in [5.41, 5.74) is 0.0181. The van der Waals surface area contributed by atoms with Crippen LogP contribution in [0.2, 0.25) is 0 Å². The molecule has 2 nitrogen and oxygen atoms in total. The van der Waals surface area contributed by atoms with Crippen molar-refractivity contribution in [1.82, 2.24) is 5.32 Å².